The second-order valence-corrected chi connectivity index (χ2v) is 2.09. The van der Waals surface area contributed by atoms with Crippen LogP contribution in [0.3, 0.4) is 0 Å². The van der Waals surface area contributed by atoms with Crippen LogP contribution in [-0.4, -0.2) is 16.6 Å². The van der Waals surface area contributed by atoms with Gasteiger partial charge in [-0.3, -0.25) is 0 Å². The van der Waals surface area contributed by atoms with E-state index in [1.807, 2.05) is 0 Å². The topological polar surface area (TPSA) is 73.1 Å². The van der Waals surface area contributed by atoms with Crippen molar-refractivity contribution in [2.45, 2.75) is 5.54 Å². The Labute approximate surface area is 63.4 Å². The fraction of sp³-hybridized carbons (Fsp3) is 0.143. The van der Waals surface area contributed by atoms with Gasteiger partial charge in [0.15, 0.2) is 0 Å². The van der Waals surface area contributed by atoms with Gasteiger partial charge in [0.05, 0.1) is 0 Å². The predicted molar refractivity (Wildman–Crippen MR) is 37.4 cm³/mol. The molecule has 1 heterocycles. The number of carboxylic acids is 1. The summed E-state index contributed by atoms with van der Waals surface area (Å²) in [4.78, 5) is 10.5. The van der Waals surface area contributed by atoms with Gasteiger partial charge in [0.2, 0.25) is 5.54 Å². The van der Waals surface area contributed by atoms with Crippen LogP contribution < -0.4 is 5.32 Å². The smallest absolute Gasteiger partial charge is 0.348 e. The minimum atomic E-state index is -1.57. The molecule has 0 radical (unpaired) electrons. The first-order valence-corrected chi connectivity index (χ1v) is 2.98. The van der Waals surface area contributed by atoms with E-state index in [4.69, 9.17) is 10.4 Å². The molecule has 0 aliphatic carbocycles. The summed E-state index contributed by atoms with van der Waals surface area (Å²) in [5.74, 6) is -1.19. The molecule has 11 heavy (non-hydrogen) atoms. The maximum Gasteiger partial charge on any atom is 0.348 e. The van der Waals surface area contributed by atoms with E-state index < -0.39 is 11.5 Å². The Hall–Kier alpha value is -1.76. The molecular formula is C7H6N2O2. The van der Waals surface area contributed by atoms with E-state index in [1.54, 1.807) is 12.1 Å². The van der Waals surface area contributed by atoms with Crippen molar-refractivity contribution in [2.24, 2.45) is 0 Å². The minimum Gasteiger partial charge on any atom is -0.478 e. The van der Waals surface area contributed by atoms with Gasteiger partial charge < -0.3 is 10.4 Å². The number of allylic oxidation sites excluding steroid dienone is 2. The van der Waals surface area contributed by atoms with Gasteiger partial charge in [0, 0.05) is 0 Å². The van der Waals surface area contributed by atoms with Crippen molar-refractivity contribution in [3.63, 3.8) is 0 Å². The number of dihydropyridines is 1. The molecular weight excluding hydrogens is 144 g/mol. The third-order valence-electron chi connectivity index (χ3n) is 1.38. The van der Waals surface area contributed by atoms with Crippen LogP contribution in [-0.2, 0) is 4.79 Å². The molecule has 1 aliphatic heterocycles. The number of hydrogen-bond acceptors (Lipinski definition) is 3. The lowest BCUT2D eigenvalue weighted by Crippen LogP contribution is -2.47. The number of nitriles is 1. The summed E-state index contributed by atoms with van der Waals surface area (Å²) in [6.45, 7) is 0. The summed E-state index contributed by atoms with van der Waals surface area (Å²) in [6, 6.07) is 1.67. The maximum atomic E-state index is 10.5. The number of carboxylic acid groups (broad SMARTS) is 1. The fourth-order valence-electron chi connectivity index (χ4n) is 0.734. The van der Waals surface area contributed by atoms with Gasteiger partial charge in [-0.1, -0.05) is 6.08 Å². The van der Waals surface area contributed by atoms with Crippen LogP contribution >= 0.6 is 0 Å². The van der Waals surface area contributed by atoms with Crippen molar-refractivity contribution >= 4 is 5.97 Å². The number of nitrogens with one attached hydrogen (secondary N) is 1. The van der Waals surface area contributed by atoms with Crippen molar-refractivity contribution in [1.82, 2.24) is 5.32 Å². The Kier molecular flexibility index (Phi) is 1.65. The zero-order chi connectivity index (χ0) is 8.32. The first-order valence-electron chi connectivity index (χ1n) is 2.98. The van der Waals surface area contributed by atoms with Crippen molar-refractivity contribution in [2.75, 3.05) is 0 Å². The van der Waals surface area contributed by atoms with Gasteiger partial charge in [0.1, 0.15) is 6.07 Å². The molecule has 1 atom stereocenters. The molecule has 1 rings (SSSR count). The molecule has 0 saturated heterocycles. The highest BCUT2D eigenvalue weighted by atomic mass is 16.4. The van der Waals surface area contributed by atoms with Gasteiger partial charge in [-0.15, -0.1) is 0 Å². The first-order chi connectivity index (χ1) is 5.21. The van der Waals surface area contributed by atoms with Crippen LogP contribution in [0.1, 0.15) is 0 Å². The average molecular weight is 150 g/mol. The third kappa shape index (κ3) is 1.08. The minimum absolute atomic E-state index is 1.19. The summed E-state index contributed by atoms with van der Waals surface area (Å²) in [7, 11) is 0. The Bertz CT molecular complexity index is 275. The largest absolute Gasteiger partial charge is 0.478 e. The van der Waals surface area contributed by atoms with Crippen LogP contribution in [0.2, 0.25) is 0 Å². The summed E-state index contributed by atoms with van der Waals surface area (Å²) >= 11 is 0. The normalized spacial score (nSPS) is 27.2. The fourth-order valence-corrected chi connectivity index (χ4v) is 0.734. The van der Waals surface area contributed by atoms with Gasteiger partial charge in [0.25, 0.3) is 0 Å². The van der Waals surface area contributed by atoms with Crippen LogP contribution in [0, 0.1) is 11.3 Å². The molecule has 0 spiro atoms. The lowest BCUT2D eigenvalue weighted by atomic mass is 10.00. The molecule has 0 aromatic rings. The summed E-state index contributed by atoms with van der Waals surface area (Å²) < 4.78 is 0. The van der Waals surface area contributed by atoms with Gasteiger partial charge in [-0.05, 0) is 18.4 Å². The van der Waals surface area contributed by atoms with Crippen LogP contribution in [0.25, 0.3) is 0 Å². The number of aliphatic carboxylic acids is 1. The van der Waals surface area contributed by atoms with Crippen molar-refractivity contribution < 1.29 is 9.90 Å². The molecule has 56 valence electrons. The zero-order valence-electron chi connectivity index (χ0n) is 5.61. The van der Waals surface area contributed by atoms with E-state index in [0.29, 0.717) is 0 Å². The lowest BCUT2D eigenvalue weighted by Gasteiger charge is -2.19. The Morgan fingerprint density at radius 1 is 1.64 bits per heavy atom. The van der Waals surface area contributed by atoms with E-state index in [-0.39, 0.29) is 0 Å². The summed E-state index contributed by atoms with van der Waals surface area (Å²) in [5.41, 5.74) is -1.57. The van der Waals surface area contributed by atoms with Crippen LogP contribution in [0.4, 0.5) is 0 Å². The standard InChI is InChI=1S/C7H6N2O2/c8-5-7(6(10)11)3-1-2-4-9-7/h1-4,9H,(H,10,11). The molecule has 0 fully saturated rings. The number of rotatable bonds is 1. The molecule has 4 heteroatoms. The monoisotopic (exact) mass is 150 g/mol. The molecule has 0 aromatic heterocycles. The molecule has 0 saturated carbocycles. The molecule has 0 bridgehead atoms. The second kappa shape index (κ2) is 2.46. The third-order valence-corrected chi connectivity index (χ3v) is 1.38. The lowest BCUT2D eigenvalue weighted by molar-refractivity contribution is -0.140. The first kappa shape index (κ1) is 7.35. The summed E-state index contributed by atoms with van der Waals surface area (Å²) in [6.07, 6.45) is 5.87. The Balaban J connectivity index is 2.97. The maximum absolute atomic E-state index is 10.5. The van der Waals surface area contributed by atoms with E-state index in [1.165, 1.54) is 18.4 Å². The van der Waals surface area contributed by atoms with Gasteiger partial charge >= 0.3 is 5.97 Å². The highest BCUT2D eigenvalue weighted by Crippen LogP contribution is 2.09. The molecule has 1 unspecified atom stereocenters. The average Bonchev–Trinajstić information content (AvgIpc) is 2.05. The van der Waals surface area contributed by atoms with E-state index in [2.05, 4.69) is 5.32 Å². The number of carbonyl (C=O) groups is 1. The molecule has 4 nitrogen and oxygen atoms in total. The van der Waals surface area contributed by atoms with Crippen molar-refractivity contribution in [3.05, 3.63) is 24.4 Å². The molecule has 0 aromatic carbocycles. The van der Waals surface area contributed by atoms with Gasteiger partial charge in [-0.25, -0.2) is 4.79 Å². The van der Waals surface area contributed by atoms with E-state index in [9.17, 15) is 4.79 Å². The predicted octanol–water partition coefficient (Wildman–Crippen LogP) is 0.00648. The summed E-state index contributed by atoms with van der Waals surface area (Å²) in [5, 5.41) is 19.6. The Morgan fingerprint density at radius 2 is 2.36 bits per heavy atom. The molecule has 0 amide bonds. The van der Waals surface area contributed by atoms with E-state index >= 15 is 0 Å². The molecule has 2 N–H and O–H groups in total. The second-order valence-electron chi connectivity index (χ2n) is 2.09. The zero-order valence-corrected chi connectivity index (χ0v) is 5.61. The van der Waals surface area contributed by atoms with E-state index in [0.717, 1.165) is 0 Å². The highest BCUT2D eigenvalue weighted by Gasteiger charge is 2.35. The number of nitrogens with zero attached hydrogens (tertiary/aromatic N) is 1. The molecule has 1 aliphatic rings. The van der Waals surface area contributed by atoms with Crippen LogP contribution in [0.5, 0.6) is 0 Å². The number of hydrogen-bond donors (Lipinski definition) is 2. The van der Waals surface area contributed by atoms with Crippen molar-refractivity contribution in [1.29, 1.82) is 5.26 Å². The quantitative estimate of drug-likeness (QED) is 0.552. The Morgan fingerprint density at radius 3 is 2.64 bits per heavy atom. The van der Waals surface area contributed by atoms with Crippen LogP contribution in [0.15, 0.2) is 24.4 Å². The SMILES string of the molecule is N#CC1(C(=O)O)C=CC=CN1. The van der Waals surface area contributed by atoms with Gasteiger partial charge in [-0.2, -0.15) is 5.26 Å². The van der Waals surface area contributed by atoms with Crippen molar-refractivity contribution in [3.8, 4) is 6.07 Å². The highest BCUT2D eigenvalue weighted by molar-refractivity contribution is 5.86.